The summed E-state index contributed by atoms with van der Waals surface area (Å²) in [6.45, 7) is 3.62. The van der Waals surface area contributed by atoms with Crippen LogP contribution < -0.4 is 4.72 Å². The van der Waals surface area contributed by atoms with Crippen LogP contribution in [0.25, 0.3) is 0 Å². The summed E-state index contributed by atoms with van der Waals surface area (Å²) in [6, 6.07) is 6.98. The van der Waals surface area contributed by atoms with Gasteiger partial charge in [-0.3, -0.25) is 9.52 Å². The Morgan fingerprint density at radius 1 is 1.29 bits per heavy atom. The van der Waals surface area contributed by atoms with Crippen LogP contribution in [-0.4, -0.2) is 19.0 Å². The molecule has 0 heterocycles. The van der Waals surface area contributed by atoms with Gasteiger partial charge in [-0.2, -0.15) is 0 Å². The van der Waals surface area contributed by atoms with Crippen LogP contribution in [0, 0.1) is 5.92 Å². The van der Waals surface area contributed by atoms with E-state index in [0.29, 0.717) is 10.5 Å². The number of hydrogen-bond acceptors (Lipinski definition) is 4. The van der Waals surface area contributed by atoms with Crippen LogP contribution >= 0.6 is 11.9 Å². The third kappa shape index (κ3) is 3.78. The molecule has 0 saturated carbocycles. The predicted molar refractivity (Wildman–Crippen MR) is 66.6 cm³/mol. The van der Waals surface area contributed by atoms with E-state index in [1.54, 1.807) is 24.3 Å². The monoisotopic (exact) mass is 253 g/mol. The normalized spacial score (nSPS) is 10.1. The van der Waals surface area contributed by atoms with E-state index in [1.807, 2.05) is 13.8 Å². The van der Waals surface area contributed by atoms with Crippen molar-refractivity contribution in [2.75, 3.05) is 7.11 Å². The van der Waals surface area contributed by atoms with Crippen molar-refractivity contribution < 1.29 is 14.3 Å². The summed E-state index contributed by atoms with van der Waals surface area (Å²) in [6.07, 6.45) is 0. The number of carbonyl (C=O) groups is 2. The minimum Gasteiger partial charge on any atom is -0.465 e. The van der Waals surface area contributed by atoms with Gasteiger partial charge in [0.15, 0.2) is 0 Å². The van der Waals surface area contributed by atoms with Crippen molar-refractivity contribution >= 4 is 23.8 Å². The molecular formula is C12H15NO3S. The van der Waals surface area contributed by atoms with Gasteiger partial charge in [-0.1, -0.05) is 26.0 Å². The molecule has 92 valence electrons. The van der Waals surface area contributed by atoms with Gasteiger partial charge in [-0.25, -0.2) is 4.79 Å². The third-order valence-corrected chi connectivity index (χ3v) is 2.96. The lowest BCUT2D eigenvalue weighted by Gasteiger charge is -2.09. The summed E-state index contributed by atoms with van der Waals surface area (Å²) >= 11 is 1.13. The maximum Gasteiger partial charge on any atom is 0.339 e. The number of amides is 1. The van der Waals surface area contributed by atoms with E-state index < -0.39 is 5.97 Å². The number of carbonyl (C=O) groups excluding carboxylic acids is 2. The number of esters is 1. The lowest BCUT2D eigenvalue weighted by atomic mass is 10.2. The Morgan fingerprint density at radius 3 is 2.53 bits per heavy atom. The Balaban J connectivity index is 2.77. The fourth-order valence-electron chi connectivity index (χ4n) is 1.06. The molecule has 1 amide bonds. The van der Waals surface area contributed by atoms with Crippen LogP contribution in [0.15, 0.2) is 29.2 Å². The Labute approximate surface area is 105 Å². The second-order valence-electron chi connectivity index (χ2n) is 3.71. The molecule has 0 radical (unpaired) electrons. The molecule has 1 rings (SSSR count). The summed E-state index contributed by atoms with van der Waals surface area (Å²) < 4.78 is 7.35. The van der Waals surface area contributed by atoms with Gasteiger partial charge in [-0.15, -0.1) is 0 Å². The Bertz CT molecular complexity index is 418. The highest BCUT2D eigenvalue weighted by molar-refractivity contribution is 7.98. The zero-order valence-electron chi connectivity index (χ0n) is 10.0. The van der Waals surface area contributed by atoms with Gasteiger partial charge in [0.1, 0.15) is 0 Å². The highest BCUT2D eigenvalue weighted by Crippen LogP contribution is 2.20. The van der Waals surface area contributed by atoms with Crippen molar-refractivity contribution in [1.29, 1.82) is 0 Å². The zero-order chi connectivity index (χ0) is 12.8. The summed E-state index contributed by atoms with van der Waals surface area (Å²) in [5, 5.41) is 0. The van der Waals surface area contributed by atoms with E-state index in [4.69, 9.17) is 0 Å². The van der Waals surface area contributed by atoms with Crippen molar-refractivity contribution in [2.24, 2.45) is 5.92 Å². The van der Waals surface area contributed by atoms with Gasteiger partial charge in [0, 0.05) is 10.8 Å². The first-order chi connectivity index (χ1) is 8.06. The van der Waals surface area contributed by atoms with Gasteiger partial charge in [0.2, 0.25) is 5.91 Å². The highest BCUT2D eigenvalue weighted by Gasteiger charge is 2.13. The maximum absolute atomic E-state index is 11.5. The highest BCUT2D eigenvalue weighted by atomic mass is 32.2. The number of methoxy groups -OCH3 is 1. The molecule has 0 bridgehead atoms. The fraction of sp³-hybridized carbons (Fsp3) is 0.333. The van der Waals surface area contributed by atoms with Crippen LogP contribution in [0.2, 0.25) is 0 Å². The molecule has 0 saturated heterocycles. The van der Waals surface area contributed by atoms with Gasteiger partial charge in [-0.05, 0) is 24.1 Å². The molecule has 0 aromatic heterocycles. The van der Waals surface area contributed by atoms with Gasteiger partial charge in [0.05, 0.1) is 12.7 Å². The van der Waals surface area contributed by atoms with E-state index in [1.165, 1.54) is 7.11 Å². The van der Waals surface area contributed by atoms with Crippen molar-refractivity contribution in [3.05, 3.63) is 29.8 Å². The number of nitrogens with one attached hydrogen (secondary N) is 1. The number of hydrogen-bond donors (Lipinski definition) is 1. The second-order valence-corrected chi connectivity index (χ2v) is 4.56. The molecule has 0 unspecified atom stereocenters. The molecule has 0 aliphatic carbocycles. The van der Waals surface area contributed by atoms with Crippen LogP contribution in [0.1, 0.15) is 24.2 Å². The van der Waals surface area contributed by atoms with Crippen LogP contribution in [-0.2, 0) is 9.53 Å². The molecule has 5 heteroatoms. The first-order valence-corrected chi connectivity index (χ1v) is 6.02. The number of benzene rings is 1. The van der Waals surface area contributed by atoms with Crippen molar-refractivity contribution in [3.63, 3.8) is 0 Å². The Morgan fingerprint density at radius 2 is 1.94 bits per heavy atom. The fourth-order valence-corrected chi connectivity index (χ4v) is 1.91. The summed E-state index contributed by atoms with van der Waals surface area (Å²) in [4.78, 5) is 23.6. The lowest BCUT2D eigenvalue weighted by Crippen LogP contribution is -2.21. The average molecular weight is 253 g/mol. The van der Waals surface area contributed by atoms with E-state index in [2.05, 4.69) is 9.46 Å². The molecule has 0 fully saturated rings. The molecule has 1 aromatic rings. The minimum atomic E-state index is -0.410. The molecule has 17 heavy (non-hydrogen) atoms. The Hall–Kier alpha value is -1.49. The van der Waals surface area contributed by atoms with E-state index in [0.717, 1.165) is 11.9 Å². The zero-order valence-corrected chi connectivity index (χ0v) is 10.8. The van der Waals surface area contributed by atoms with Crippen LogP contribution in [0.3, 0.4) is 0 Å². The maximum atomic E-state index is 11.5. The molecule has 4 nitrogen and oxygen atoms in total. The molecule has 1 aromatic carbocycles. The van der Waals surface area contributed by atoms with Crippen LogP contribution in [0.5, 0.6) is 0 Å². The van der Waals surface area contributed by atoms with Crippen molar-refractivity contribution in [2.45, 2.75) is 18.7 Å². The molecule has 0 atom stereocenters. The van der Waals surface area contributed by atoms with Gasteiger partial charge >= 0.3 is 5.97 Å². The third-order valence-electron chi connectivity index (χ3n) is 2.08. The van der Waals surface area contributed by atoms with Crippen molar-refractivity contribution in [3.8, 4) is 0 Å². The lowest BCUT2D eigenvalue weighted by molar-refractivity contribution is -0.122. The first-order valence-electron chi connectivity index (χ1n) is 5.20. The van der Waals surface area contributed by atoms with Gasteiger partial charge in [0.25, 0.3) is 0 Å². The first kappa shape index (κ1) is 13.6. The second kappa shape index (κ2) is 6.30. The molecule has 0 spiro atoms. The SMILES string of the molecule is COC(=O)c1ccccc1SNC(=O)C(C)C. The number of rotatable bonds is 4. The molecule has 0 aliphatic rings. The number of ether oxygens (including phenoxy) is 1. The minimum absolute atomic E-state index is 0.0744. The summed E-state index contributed by atoms with van der Waals surface area (Å²) in [5.41, 5.74) is 0.448. The molecule has 1 N–H and O–H groups in total. The largest absolute Gasteiger partial charge is 0.465 e. The van der Waals surface area contributed by atoms with Crippen molar-refractivity contribution in [1.82, 2.24) is 4.72 Å². The van der Waals surface area contributed by atoms with Crippen LogP contribution in [0.4, 0.5) is 0 Å². The smallest absolute Gasteiger partial charge is 0.339 e. The van der Waals surface area contributed by atoms with E-state index in [9.17, 15) is 9.59 Å². The van der Waals surface area contributed by atoms with E-state index >= 15 is 0 Å². The standard InChI is InChI=1S/C12H15NO3S/c1-8(2)11(14)13-17-10-7-5-4-6-9(10)12(15)16-3/h4-8H,1-3H3,(H,13,14). The summed E-state index contributed by atoms with van der Waals surface area (Å²) in [5.74, 6) is -0.575. The average Bonchev–Trinajstić information content (AvgIpc) is 2.35. The summed E-state index contributed by atoms with van der Waals surface area (Å²) in [7, 11) is 1.33. The Kier molecular flexibility index (Phi) is 5.03. The molecular weight excluding hydrogens is 238 g/mol. The predicted octanol–water partition coefficient (Wildman–Crippen LogP) is 2.25. The van der Waals surface area contributed by atoms with Gasteiger partial charge < -0.3 is 4.74 Å². The molecule has 0 aliphatic heterocycles. The topological polar surface area (TPSA) is 55.4 Å². The quantitative estimate of drug-likeness (QED) is 0.660. The van der Waals surface area contributed by atoms with E-state index in [-0.39, 0.29) is 11.8 Å².